The monoisotopic (exact) mass is 229 g/mol. The van der Waals surface area contributed by atoms with E-state index in [0.29, 0.717) is 10.6 Å². The van der Waals surface area contributed by atoms with Gasteiger partial charge < -0.3 is 5.11 Å². The molecule has 0 spiro atoms. The molecule has 4 nitrogen and oxygen atoms in total. The first-order chi connectivity index (χ1) is 7.07. The van der Waals surface area contributed by atoms with E-state index in [0.717, 1.165) is 5.06 Å². The predicted molar refractivity (Wildman–Crippen MR) is 56.2 cm³/mol. The summed E-state index contributed by atoms with van der Waals surface area (Å²) in [4.78, 5) is 16.2. The standard InChI is InChI=1S/C10H12ClNO3/c1-12(15-2)10(14)9(13)7-5-3-4-6-8(7)11/h3-6,9,13H,1-2H3. The zero-order valence-corrected chi connectivity index (χ0v) is 9.23. The van der Waals surface area contributed by atoms with Crippen LogP contribution in [0.25, 0.3) is 0 Å². The lowest BCUT2D eigenvalue weighted by molar-refractivity contribution is -0.178. The second-order valence-electron chi connectivity index (χ2n) is 2.94. The molecule has 0 heterocycles. The van der Waals surface area contributed by atoms with Crippen LogP contribution in [0.4, 0.5) is 0 Å². The van der Waals surface area contributed by atoms with Crippen molar-refractivity contribution in [2.45, 2.75) is 6.10 Å². The molecule has 1 rings (SSSR count). The number of nitrogens with zero attached hydrogens (tertiary/aromatic N) is 1. The van der Waals surface area contributed by atoms with Crippen LogP contribution in [-0.4, -0.2) is 30.2 Å². The highest BCUT2D eigenvalue weighted by Gasteiger charge is 2.23. The fourth-order valence-electron chi connectivity index (χ4n) is 1.09. The smallest absolute Gasteiger partial charge is 0.279 e. The number of halogens is 1. The summed E-state index contributed by atoms with van der Waals surface area (Å²) in [6.45, 7) is 0. The van der Waals surface area contributed by atoms with Gasteiger partial charge in [0, 0.05) is 17.6 Å². The van der Waals surface area contributed by atoms with E-state index in [1.165, 1.54) is 14.2 Å². The molecule has 0 aromatic heterocycles. The van der Waals surface area contributed by atoms with E-state index in [2.05, 4.69) is 4.84 Å². The molecule has 0 radical (unpaired) electrons. The Labute approximate surface area is 93.0 Å². The minimum atomic E-state index is -1.30. The lowest BCUT2D eigenvalue weighted by Crippen LogP contribution is -2.30. The van der Waals surface area contributed by atoms with Crippen molar-refractivity contribution < 1.29 is 14.7 Å². The molecule has 0 aliphatic carbocycles. The van der Waals surface area contributed by atoms with Gasteiger partial charge in [-0.25, -0.2) is 5.06 Å². The van der Waals surface area contributed by atoms with Crippen molar-refractivity contribution in [1.82, 2.24) is 5.06 Å². The van der Waals surface area contributed by atoms with E-state index in [-0.39, 0.29) is 0 Å². The van der Waals surface area contributed by atoms with Gasteiger partial charge in [0.25, 0.3) is 5.91 Å². The number of carbonyl (C=O) groups excluding carboxylic acids is 1. The minimum Gasteiger partial charge on any atom is -0.378 e. The molecule has 1 aromatic carbocycles. The Morgan fingerprint density at radius 3 is 2.67 bits per heavy atom. The first kappa shape index (κ1) is 12.0. The van der Waals surface area contributed by atoms with Gasteiger partial charge in [0.1, 0.15) is 0 Å². The Morgan fingerprint density at radius 1 is 1.53 bits per heavy atom. The third-order valence-corrected chi connectivity index (χ3v) is 2.36. The highest BCUT2D eigenvalue weighted by molar-refractivity contribution is 6.31. The number of benzene rings is 1. The third kappa shape index (κ3) is 2.68. The molecule has 0 aliphatic rings. The molecule has 1 N–H and O–H groups in total. The van der Waals surface area contributed by atoms with Gasteiger partial charge in [0.15, 0.2) is 6.10 Å². The Morgan fingerprint density at radius 2 is 2.13 bits per heavy atom. The number of aliphatic hydroxyl groups is 1. The van der Waals surface area contributed by atoms with Gasteiger partial charge in [-0.1, -0.05) is 29.8 Å². The van der Waals surface area contributed by atoms with Crippen LogP contribution in [0.5, 0.6) is 0 Å². The van der Waals surface area contributed by atoms with Gasteiger partial charge in [0.2, 0.25) is 0 Å². The van der Waals surface area contributed by atoms with Gasteiger partial charge in [-0.15, -0.1) is 0 Å². The summed E-state index contributed by atoms with van der Waals surface area (Å²) in [6, 6.07) is 6.63. The van der Waals surface area contributed by atoms with Gasteiger partial charge in [-0.3, -0.25) is 9.63 Å². The van der Waals surface area contributed by atoms with Crippen LogP contribution in [0.1, 0.15) is 11.7 Å². The second kappa shape index (κ2) is 5.11. The van der Waals surface area contributed by atoms with Crippen molar-refractivity contribution in [3.05, 3.63) is 34.9 Å². The zero-order valence-electron chi connectivity index (χ0n) is 8.48. The molecule has 0 bridgehead atoms. The van der Waals surface area contributed by atoms with Gasteiger partial charge in [-0.2, -0.15) is 0 Å². The normalized spacial score (nSPS) is 12.3. The van der Waals surface area contributed by atoms with E-state index in [1.54, 1.807) is 24.3 Å². The van der Waals surface area contributed by atoms with Crippen molar-refractivity contribution >= 4 is 17.5 Å². The maximum absolute atomic E-state index is 11.5. The first-order valence-corrected chi connectivity index (χ1v) is 4.70. The number of likely N-dealkylation sites (N-methyl/N-ethyl adjacent to an activating group) is 1. The number of amides is 1. The number of hydrogen-bond acceptors (Lipinski definition) is 3. The highest BCUT2D eigenvalue weighted by atomic mass is 35.5. The minimum absolute atomic E-state index is 0.350. The van der Waals surface area contributed by atoms with Crippen molar-refractivity contribution in [1.29, 1.82) is 0 Å². The summed E-state index contributed by atoms with van der Waals surface area (Å²) in [7, 11) is 2.76. The Kier molecular flexibility index (Phi) is 4.08. The van der Waals surface area contributed by atoms with E-state index < -0.39 is 12.0 Å². The summed E-state index contributed by atoms with van der Waals surface area (Å²) in [5, 5.41) is 11.0. The number of hydroxylamine groups is 2. The van der Waals surface area contributed by atoms with Crippen LogP contribution in [-0.2, 0) is 9.63 Å². The Balaban J connectivity index is 2.90. The molecule has 1 atom stereocenters. The fraction of sp³-hybridized carbons (Fsp3) is 0.300. The molecule has 0 saturated heterocycles. The van der Waals surface area contributed by atoms with Gasteiger partial charge in [-0.05, 0) is 6.07 Å². The largest absolute Gasteiger partial charge is 0.378 e. The molecule has 1 aromatic rings. The average molecular weight is 230 g/mol. The second-order valence-corrected chi connectivity index (χ2v) is 3.35. The number of hydrogen-bond donors (Lipinski definition) is 1. The molecule has 15 heavy (non-hydrogen) atoms. The molecule has 1 amide bonds. The van der Waals surface area contributed by atoms with Crippen LogP contribution >= 0.6 is 11.6 Å². The quantitative estimate of drug-likeness (QED) is 0.797. The number of aliphatic hydroxyl groups excluding tert-OH is 1. The number of rotatable bonds is 3. The van der Waals surface area contributed by atoms with Crippen molar-refractivity contribution in [3.63, 3.8) is 0 Å². The molecule has 0 aliphatic heterocycles. The van der Waals surface area contributed by atoms with Crippen LogP contribution in [0.2, 0.25) is 5.02 Å². The molecule has 0 saturated carbocycles. The Bertz CT molecular complexity index is 356. The molecule has 1 unspecified atom stereocenters. The lowest BCUT2D eigenvalue weighted by atomic mass is 10.1. The molecular formula is C10H12ClNO3. The first-order valence-electron chi connectivity index (χ1n) is 4.32. The molecule has 5 heteroatoms. The van der Waals surface area contributed by atoms with Crippen molar-refractivity contribution in [3.8, 4) is 0 Å². The summed E-state index contributed by atoms with van der Waals surface area (Å²) in [5.41, 5.74) is 0.369. The van der Waals surface area contributed by atoms with E-state index in [9.17, 15) is 9.90 Å². The SMILES string of the molecule is CON(C)C(=O)C(O)c1ccccc1Cl. The predicted octanol–water partition coefficient (Wildman–Crippen LogP) is 1.39. The number of carbonyl (C=O) groups is 1. The van der Waals surface area contributed by atoms with E-state index in [4.69, 9.17) is 11.6 Å². The maximum Gasteiger partial charge on any atom is 0.279 e. The van der Waals surface area contributed by atoms with Crippen LogP contribution in [0.3, 0.4) is 0 Å². The Hall–Kier alpha value is -1.10. The average Bonchev–Trinajstić information content (AvgIpc) is 2.26. The van der Waals surface area contributed by atoms with Crippen LogP contribution in [0, 0.1) is 0 Å². The van der Waals surface area contributed by atoms with Crippen LogP contribution in [0.15, 0.2) is 24.3 Å². The van der Waals surface area contributed by atoms with Crippen molar-refractivity contribution in [2.24, 2.45) is 0 Å². The fourth-order valence-corrected chi connectivity index (χ4v) is 1.33. The van der Waals surface area contributed by atoms with Crippen LogP contribution < -0.4 is 0 Å². The van der Waals surface area contributed by atoms with Gasteiger partial charge in [0.05, 0.1) is 7.11 Å². The topological polar surface area (TPSA) is 49.8 Å². The summed E-state index contributed by atoms with van der Waals surface area (Å²) in [6.07, 6.45) is -1.30. The summed E-state index contributed by atoms with van der Waals surface area (Å²) in [5.74, 6) is -0.564. The highest BCUT2D eigenvalue weighted by Crippen LogP contribution is 2.23. The third-order valence-electron chi connectivity index (χ3n) is 2.02. The summed E-state index contributed by atoms with van der Waals surface area (Å²) < 4.78 is 0. The van der Waals surface area contributed by atoms with Gasteiger partial charge >= 0.3 is 0 Å². The van der Waals surface area contributed by atoms with E-state index >= 15 is 0 Å². The van der Waals surface area contributed by atoms with Crippen molar-refractivity contribution in [2.75, 3.05) is 14.2 Å². The molecule has 82 valence electrons. The zero-order chi connectivity index (χ0) is 11.4. The lowest BCUT2D eigenvalue weighted by Gasteiger charge is -2.18. The van der Waals surface area contributed by atoms with E-state index in [1.807, 2.05) is 0 Å². The molecule has 0 fully saturated rings. The molecular weight excluding hydrogens is 218 g/mol. The maximum atomic E-state index is 11.5. The summed E-state index contributed by atoms with van der Waals surface area (Å²) >= 11 is 5.84.